The highest BCUT2D eigenvalue weighted by atomic mass is 79.9. The van der Waals surface area contributed by atoms with E-state index in [-0.39, 0.29) is 5.56 Å². The predicted octanol–water partition coefficient (Wildman–Crippen LogP) is 3.37. The number of anilines is 1. The minimum atomic E-state index is -0.624. The summed E-state index contributed by atoms with van der Waals surface area (Å²) in [6.45, 7) is 1.54. The third-order valence-electron chi connectivity index (χ3n) is 3.02. The molecule has 0 spiro atoms. The van der Waals surface area contributed by atoms with Crippen molar-refractivity contribution in [2.24, 2.45) is 0 Å². The molecule has 0 unspecified atom stereocenters. The average Bonchev–Trinajstić information content (AvgIpc) is 2.55. The Morgan fingerprint density at radius 1 is 1.17 bits per heavy atom. The van der Waals surface area contributed by atoms with Crippen LogP contribution in [0.1, 0.15) is 26.3 Å². The van der Waals surface area contributed by atoms with Crippen molar-refractivity contribution in [1.29, 1.82) is 0 Å². The molecule has 1 amide bonds. The zero-order chi connectivity index (χ0) is 16.8. The molecular weight excluding hydrogens is 362 g/mol. The van der Waals surface area contributed by atoms with E-state index in [1.807, 2.05) is 19.1 Å². The molecule has 0 aromatic heterocycles. The SMILES string of the molecule is Cc1ccc(NC(=O)COC(=O)c2ccc(C=O)cc2)c(Br)c1. The van der Waals surface area contributed by atoms with Crippen LogP contribution in [0.15, 0.2) is 46.9 Å². The Morgan fingerprint density at radius 2 is 1.87 bits per heavy atom. The van der Waals surface area contributed by atoms with Gasteiger partial charge < -0.3 is 10.1 Å². The van der Waals surface area contributed by atoms with Gasteiger partial charge in [-0.25, -0.2) is 4.79 Å². The summed E-state index contributed by atoms with van der Waals surface area (Å²) < 4.78 is 5.70. The molecule has 5 nitrogen and oxygen atoms in total. The van der Waals surface area contributed by atoms with Crippen LogP contribution in [0.2, 0.25) is 0 Å². The number of carbonyl (C=O) groups excluding carboxylic acids is 3. The van der Waals surface area contributed by atoms with Gasteiger partial charge in [0, 0.05) is 10.0 Å². The highest BCUT2D eigenvalue weighted by Crippen LogP contribution is 2.23. The molecule has 0 aliphatic carbocycles. The Balaban J connectivity index is 1.90. The van der Waals surface area contributed by atoms with Gasteiger partial charge in [0.2, 0.25) is 0 Å². The normalized spacial score (nSPS) is 10.0. The van der Waals surface area contributed by atoms with E-state index in [1.54, 1.807) is 6.07 Å². The molecule has 0 radical (unpaired) electrons. The fourth-order valence-electron chi connectivity index (χ4n) is 1.82. The molecule has 23 heavy (non-hydrogen) atoms. The monoisotopic (exact) mass is 375 g/mol. The molecule has 118 valence electrons. The maximum absolute atomic E-state index is 11.8. The summed E-state index contributed by atoms with van der Waals surface area (Å²) in [5.41, 5.74) is 2.40. The van der Waals surface area contributed by atoms with Crippen LogP contribution in [0.25, 0.3) is 0 Å². The van der Waals surface area contributed by atoms with Crippen LogP contribution in [0.4, 0.5) is 5.69 Å². The largest absolute Gasteiger partial charge is 0.452 e. The molecule has 2 rings (SSSR count). The molecule has 0 atom stereocenters. The molecule has 0 saturated heterocycles. The minimum absolute atomic E-state index is 0.278. The number of hydrogen-bond donors (Lipinski definition) is 1. The van der Waals surface area contributed by atoms with Gasteiger partial charge in [-0.1, -0.05) is 18.2 Å². The molecule has 0 aliphatic rings. The van der Waals surface area contributed by atoms with E-state index in [0.717, 1.165) is 10.0 Å². The number of aryl methyl sites for hydroxylation is 1. The molecule has 2 aromatic carbocycles. The molecule has 0 aliphatic heterocycles. The number of benzene rings is 2. The van der Waals surface area contributed by atoms with Crippen LogP contribution in [-0.2, 0) is 9.53 Å². The molecule has 2 aromatic rings. The Kier molecular flexibility index (Phi) is 5.65. The van der Waals surface area contributed by atoms with E-state index in [4.69, 9.17) is 4.74 Å². The Morgan fingerprint density at radius 3 is 2.48 bits per heavy atom. The van der Waals surface area contributed by atoms with E-state index in [1.165, 1.54) is 24.3 Å². The van der Waals surface area contributed by atoms with E-state index in [2.05, 4.69) is 21.2 Å². The molecule has 6 heteroatoms. The summed E-state index contributed by atoms with van der Waals surface area (Å²) in [5, 5.41) is 2.65. The maximum Gasteiger partial charge on any atom is 0.338 e. The molecule has 0 bridgehead atoms. The van der Waals surface area contributed by atoms with Crippen molar-refractivity contribution >= 4 is 39.8 Å². The summed E-state index contributed by atoms with van der Waals surface area (Å²) in [7, 11) is 0. The zero-order valence-corrected chi connectivity index (χ0v) is 13.9. The quantitative estimate of drug-likeness (QED) is 0.642. The molecule has 0 heterocycles. The van der Waals surface area contributed by atoms with Gasteiger partial charge >= 0.3 is 5.97 Å². The number of rotatable bonds is 5. The summed E-state index contributed by atoms with van der Waals surface area (Å²) in [4.78, 5) is 34.2. The van der Waals surface area contributed by atoms with Crippen LogP contribution in [-0.4, -0.2) is 24.8 Å². The first-order chi connectivity index (χ1) is 11.0. The first kappa shape index (κ1) is 16.9. The van der Waals surface area contributed by atoms with Crippen LogP contribution in [0.5, 0.6) is 0 Å². The van der Waals surface area contributed by atoms with Gasteiger partial charge in [-0.2, -0.15) is 0 Å². The van der Waals surface area contributed by atoms with E-state index in [0.29, 0.717) is 17.5 Å². The van der Waals surface area contributed by atoms with E-state index in [9.17, 15) is 14.4 Å². The Labute approximate surface area is 141 Å². The number of aldehydes is 1. The summed E-state index contributed by atoms with van der Waals surface area (Å²) in [5.74, 6) is -1.06. The van der Waals surface area contributed by atoms with Crippen molar-refractivity contribution in [3.05, 3.63) is 63.6 Å². The van der Waals surface area contributed by atoms with Crippen molar-refractivity contribution in [3.63, 3.8) is 0 Å². The zero-order valence-electron chi connectivity index (χ0n) is 12.3. The highest BCUT2D eigenvalue weighted by molar-refractivity contribution is 9.10. The van der Waals surface area contributed by atoms with Crippen molar-refractivity contribution < 1.29 is 19.1 Å². The fraction of sp³-hybridized carbons (Fsp3) is 0.118. The average molecular weight is 376 g/mol. The van der Waals surface area contributed by atoms with Crippen molar-refractivity contribution in [1.82, 2.24) is 0 Å². The molecule has 0 saturated carbocycles. The first-order valence-electron chi connectivity index (χ1n) is 6.78. The highest BCUT2D eigenvalue weighted by Gasteiger charge is 2.11. The summed E-state index contributed by atoms with van der Waals surface area (Å²) in [6, 6.07) is 11.5. The van der Waals surface area contributed by atoms with Crippen LogP contribution in [0.3, 0.4) is 0 Å². The lowest BCUT2D eigenvalue weighted by atomic mass is 10.1. The topological polar surface area (TPSA) is 72.5 Å². The number of carbonyl (C=O) groups is 3. The molecular formula is C17H14BrNO4. The fourth-order valence-corrected chi connectivity index (χ4v) is 2.41. The lowest BCUT2D eigenvalue weighted by Gasteiger charge is -2.09. The van der Waals surface area contributed by atoms with Crippen molar-refractivity contribution in [2.75, 3.05) is 11.9 Å². The lowest BCUT2D eigenvalue weighted by Crippen LogP contribution is -2.21. The minimum Gasteiger partial charge on any atom is -0.452 e. The van der Waals surface area contributed by atoms with Gasteiger partial charge in [0.25, 0.3) is 5.91 Å². The Bertz CT molecular complexity index is 741. The van der Waals surface area contributed by atoms with Gasteiger partial charge in [-0.3, -0.25) is 9.59 Å². The number of esters is 1. The van der Waals surface area contributed by atoms with Crippen molar-refractivity contribution in [3.8, 4) is 0 Å². The summed E-state index contributed by atoms with van der Waals surface area (Å²) in [6.07, 6.45) is 0.683. The number of nitrogens with one attached hydrogen (secondary N) is 1. The standard InChI is InChI=1S/C17H14BrNO4/c1-11-2-7-15(14(18)8-11)19-16(21)10-23-17(22)13-5-3-12(9-20)4-6-13/h2-9H,10H2,1H3,(H,19,21). The van der Waals surface area contributed by atoms with Gasteiger partial charge in [-0.05, 0) is 52.7 Å². The second-order valence-electron chi connectivity index (χ2n) is 4.85. The number of amides is 1. The second-order valence-corrected chi connectivity index (χ2v) is 5.70. The van der Waals surface area contributed by atoms with Crippen LogP contribution >= 0.6 is 15.9 Å². The number of halogens is 1. The van der Waals surface area contributed by atoms with E-state index < -0.39 is 18.5 Å². The lowest BCUT2D eigenvalue weighted by molar-refractivity contribution is -0.119. The molecule has 0 fully saturated rings. The summed E-state index contributed by atoms with van der Waals surface area (Å²) >= 11 is 3.35. The van der Waals surface area contributed by atoms with E-state index >= 15 is 0 Å². The first-order valence-corrected chi connectivity index (χ1v) is 7.57. The smallest absolute Gasteiger partial charge is 0.338 e. The molecule has 1 N–H and O–H groups in total. The third-order valence-corrected chi connectivity index (χ3v) is 3.67. The van der Waals surface area contributed by atoms with Gasteiger partial charge in [-0.15, -0.1) is 0 Å². The number of hydrogen-bond acceptors (Lipinski definition) is 4. The maximum atomic E-state index is 11.8. The predicted molar refractivity (Wildman–Crippen MR) is 89.6 cm³/mol. The second kappa shape index (κ2) is 7.69. The third kappa shape index (κ3) is 4.75. The van der Waals surface area contributed by atoms with Crippen LogP contribution in [0, 0.1) is 6.92 Å². The van der Waals surface area contributed by atoms with Crippen LogP contribution < -0.4 is 5.32 Å². The Hall–Kier alpha value is -2.47. The van der Waals surface area contributed by atoms with Gasteiger partial charge in [0.15, 0.2) is 6.61 Å². The number of ether oxygens (including phenoxy) is 1. The van der Waals surface area contributed by atoms with Gasteiger partial charge in [0.1, 0.15) is 6.29 Å². The van der Waals surface area contributed by atoms with Crippen molar-refractivity contribution in [2.45, 2.75) is 6.92 Å². The van der Waals surface area contributed by atoms with Gasteiger partial charge in [0.05, 0.1) is 11.3 Å².